The van der Waals surface area contributed by atoms with Crippen LogP contribution in [0.4, 0.5) is 0 Å². The Labute approximate surface area is 74.4 Å². The predicted octanol–water partition coefficient (Wildman–Crippen LogP) is 1.15. The molecule has 1 aliphatic carbocycles. The van der Waals surface area contributed by atoms with Gasteiger partial charge < -0.3 is 10.4 Å². The zero-order chi connectivity index (χ0) is 8.39. The SMILES string of the molecule is OCC1CNC1C1CCCCC1. The second kappa shape index (κ2) is 3.75. The van der Waals surface area contributed by atoms with Crippen LogP contribution in [0.5, 0.6) is 0 Å². The second-order valence-electron chi connectivity index (χ2n) is 4.27. The van der Waals surface area contributed by atoms with Crippen molar-refractivity contribution in [3.8, 4) is 0 Å². The van der Waals surface area contributed by atoms with Gasteiger partial charge in [-0.15, -0.1) is 0 Å². The van der Waals surface area contributed by atoms with Gasteiger partial charge in [0.2, 0.25) is 0 Å². The molecule has 0 spiro atoms. The molecule has 1 aliphatic heterocycles. The van der Waals surface area contributed by atoms with E-state index in [0.717, 1.165) is 12.5 Å². The van der Waals surface area contributed by atoms with Gasteiger partial charge in [0.25, 0.3) is 0 Å². The molecule has 1 saturated heterocycles. The third-order valence-corrected chi connectivity index (χ3v) is 3.52. The highest BCUT2D eigenvalue weighted by atomic mass is 16.3. The molecule has 1 heterocycles. The molecule has 0 bridgehead atoms. The normalized spacial score (nSPS) is 37.8. The molecule has 0 radical (unpaired) electrons. The molecule has 2 fully saturated rings. The van der Waals surface area contributed by atoms with Crippen LogP contribution in [0.25, 0.3) is 0 Å². The van der Waals surface area contributed by atoms with Crippen LogP contribution < -0.4 is 5.32 Å². The Balaban J connectivity index is 1.82. The zero-order valence-electron chi connectivity index (χ0n) is 7.63. The average molecular weight is 169 g/mol. The molecule has 1 saturated carbocycles. The van der Waals surface area contributed by atoms with Crippen LogP contribution in [0, 0.1) is 11.8 Å². The van der Waals surface area contributed by atoms with Crippen LogP contribution in [0.1, 0.15) is 32.1 Å². The topological polar surface area (TPSA) is 32.3 Å². The summed E-state index contributed by atoms with van der Waals surface area (Å²) in [5, 5.41) is 12.5. The lowest BCUT2D eigenvalue weighted by Crippen LogP contribution is -2.58. The van der Waals surface area contributed by atoms with Gasteiger partial charge in [0.15, 0.2) is 0 Å². The van der Waals surface area contributed by atoms with Crippen molar-refractivity contribution >= 4 is 0 Å². The van der Waals surface area contributed by atoms with Crippen LogP contribution in [0.15, 0.2) is 0 Å². The van der Waals surface area contributed by atoms with E-state index in [2.05, 4.69) is 5.32 Å². The van der Waals surface area contributed by atoms with Gasteiger partial charge in [-0.1, -0.05) is 19.3 Å². The van der Waals surface area contributed by atoms with Crippen LogP contribution in [-0.4, -0.2) is 24.3 Å². The van der Waals surface area contributed by atoms with Crippen molar-refractivity contribution in [2.75, 3.05) is 13.2 Å². The zero-order valence-corrected chi connectivity index (χ0v) is 7.63. The Bertz CT molecular complexity index is 141. The molecule has 2 N–H and O–H groups in total. The van der Waals surface area contributed by atoms with E-state index in [0.29, 0.717) is 18.6 Å². The maximum atomic E-state index is 9.05. The summed E-state index contributed by atoms with van der Waals surface area (Å²) in [4.78, 5) is 0. The average Bonchev–Trinajstić information content (AvgIpc) is 2.05. The van der Waals surface area contributed by atoms with Gasteiger partial charge >= 0.3 is 0 Å². The molecule has 2 nitrogen and oxygen atoms in total. The molecular weight excluding hydrogens is 150 g/mol. The molecule has 2 heteroatoms. The number of aliphatic hydroxyl groups is 1. The van der Waals surface area contributed by atoms with Crippen molar-refractivity contribution < 1.29 is 5.11 Å². The van der Waals surface area contributed by atoms with Gasteiger partial charge in [0, 0.05) is 25.1 Å². The molecule has 0 aromatic rings. The monoisotopic (exact) mass is 169 g/mol. The molecule has 2 aliphatic rings. The van der Waals surface area contributed by atoms with Crippen molar-refractivity contribution in [2.24, 2.45) is 11.8 Å². The van der Waals surface area contributed by atoms with Crippen LogP contribution in [-0.2, 0) is 0 Å². The summed E-state index contributed by atoms with van der Waals surface area (Å²) in [7, 11) is 0. The fraction of sp³-hybridized carbons (Fsp3) is 1.00. The fourth-order valence-corrected chi connectivity index (χ4v) is 2.64. The van der Waals surface area contributed by atoms with E-state index >= 15 is 0 Å². The Kier molecular flexibility index (Phi) is 2.66. The minimum Gasteiger partial charge on any atom is -0.396 e. The maximum Gasteiger partial charge on any atom is 0.0486 e. The number of hydrogen-bond donors (Lipinski definition) is 2. The third-order valence-electron chi connectivity index (χ3n) is 3.52. The second-order valence-corrected chi connectivity index (χ2v) is 4.27. The lowest BCUT2D eigenvalue weighted by molar-refractivity contribution is 0.0761. The van der Waals surface area contributed by atoms with Crippen LogP contribution >= 0.6 is 0 Å². The minimum atomic E-state index is 0.383. The van der Waals surface area contributed by atoms with Crippen LogP contribution in [0.3, 0.4) is 0 Å². The molecular formula is C10H19NO. The molecule has 70 valence electrons. The predicted molar refractivity (Wildman–Crippen MR) is 48.9 cm³/mol. The summed E-state index contributed by atoms with van der Waals surface area (Å²) in [5.41, 5.74) is 0. The molecule has 0 amide bonds. The van der Waals surface area contributed by atoms with E-state index in [9.17, 15) is 0 Å². The molecule has 2 rings (SSSR count). The van der Waals surface area contributed by atoms with Crippen LogP contribution in [0.2, 0.25) is 0 Å². The van der Waals surface area contributed by atoms with Gasteiger partial charge in [-0.3, -0.25) is 0 Å². The maximum absolute atomic E-state index is 9.05. The molecule has 2 unspecified atom stereocenters. The largest absolute Gasteiger partial charge is 0.396 e. The highest BCUT2D eigenvalue weighted by molar-refractivity contribution is 4.93. The lowest BCUT2D eigenvalue weighted by Gasteiger charge is -2.43. The summed E-state index contributed by atoms with van der Waals surface area (Å²) >= 11 is 0. The van der Waals surface area contributed by atoms with Crippen molar-refractivity contribution in [3.05, 3.63) is 0 Å². The third kappa shape index (κ3) is 1.50. The first kappa shape index (κ1) is 8.52. The summed E-state index contributed by atoms with van der Waals surface area (Å²) in [6, 6.07) is 0.648. The Hall–Kier alpha value is -0.0800. The molecule has 0 aromatic carbocycles. The minimum absolute atomic E-state index is 0.383. The molecule has 12 heavy (non-hydrogen) atoms. The van der Waals surface area contributed by atoms with E-state index in [-0.39, 0.29) is 0 Å². The summed E-state index contributed by atoms with van der Waals surface area (Å²) in [6.07, 6.45) is 7.00. The lowest BCUT2D eigenvalue weighted by atomic mass is 9.75. The van der Waals surface area contributed by atoms with Gasteiger partial charge in [-0.2, -0.15) is 0 Å². The standard InChI is InChI=1S/C10H19NO/c12-7-9-6-11-10(9)8-4-2-1-3-5-8/h8-12H,1-7H2. The van der Waals surface area contributed by atoms with Crippen molar-refractivity contribution in [1.29, 1.82) is 0 Å². The van der Waals surface area contributed by atoms with Gasteiger partial charge in [0.1, 0.15) is 0 Å². The highest BCUT2D eigenvalue weighted by Crippen LogP contribution is 2.32. The first-order valence-electron chi connectivity index (χ1n) is 5.26. The first-order chi connectivity index (χ1) is 5.92. The highest BCUT2D eigenvalue weighted by Gasteiger charge is 2.36. The van der Waals surface area contributed by atoms with Gasteiger partial charge in [-0.25, -0.2) is 0 Å². The van der Waals surface area contributed by atoms with Crippen molar-refractivity contribution in [1.82, 2.24) is 5.32 Å². The molecule has 0 aromatic heterocycles. The van der Waals surface area contributed by atoms with Crippen molar-refractivity contribution in [3.63, 3.8) is 0 Å². The summed E-state index contributed by atoms with van der Waals surface area (Å²) < 4.78 is 0. The van der Waals surface area contributed by atoms with E-state index in [1.165, 1.54) is 32.1 Å². The number of hydrogen-bond acceptors (Lipinski definition) is 2. The Morgan fingerprint density at radius 3 is 2.42 bits per heavy atom. The first-order valence-corrected chi connectivity index (χ1v) is 5.26. The smallest absolute Gasteiger partial charge is 0.0486 e. The van der Waals surface area contributed by atoms with E-state index < -0.39 is 0 Å². The van der Waals surface area contributed by atoms with Gasteiger partial charge in [0.05, 0.1) is 0 Å². The number of rotatable bonds is 2. The van der Waals surface area contributed by atoms with E-state index in [1.54, 1.807) is 0 Å². The Morgan fingerprint density at radius 2 is 1.92 bits per heavy atom. The summed E-state index contributed by atoms with van der Waals surface area (Å²) in [5.74, 6) is 1.43. The van der Waals surface area contributed by atoms with E-state index in [4.69, 9.17) is 5.11 Å². The Morgan fingerprint density at radius 1 is 1.17 bits per heavy atom. The number of aliphatic hydroxyl groups excluding tert-OH is 1. The van der Waals surface area contributed by atoms with Crippen molar-refractivity contribution in [2.45, 2.75) is 38.1 Å². The quantitative estimate of drug-likeness (QED) is 0.650. The fourth-order valence-electron chi connectivity index (χ4n) is 2.64. The number of nitrogens with one attached hydrogen (secondary N) is 1. The molecule has 2 atom stereocenters. The summed E-state index contributed by atoms with van der Waals surface area (Å²) in [6.45, 7) is 1.42. The van der Waals surface area contributed by atoms with Gasteiger partial charge in [-0.05, 0) is 18.8 Å². The van der Waals surface area contributed by atoms with E-state index in [1.807, 2.05) is 0 Å².